The number of hydrogen-bond acceptors (Lipinski definition) is 3. The van der Waals surface area contributed by atoms with Crippen molar-refractivity contribution in [1.82, 2.24) is 0 Å². The van der Waals surface area contributed by atoms with Crippen molar-refractivity contribution in [3.63, 3.8) is 0 Å². The van der Waals surface area contributed by atoms with Gasteiger partial charge in [-0.15, -0.1) is 33.2 Å². The van der Waals surface area contributed by atoms with E-state index in [1.54, 1.807) is 0 Å². The summed E-state index contributed by atoms with van der Waals surface area (Å²) >= 11 is 17.7. The van der Waals surface area contributed by atoms with Gasteiger partial charge in [0.15, 0.2) is 0 Å². The second kappa shape index (κ2) is 7.88. The quantitative estimate of drug-likeness (QED) is 0.539. The van der Waals surface area contributed by atoms with Crippen molar-refractivity contribution in [2.45, 2.75) is 44.5 Å². The normalized spacial score (nSPS) is 21.3. The van der Waals surface area contributed by atoms with Crippen molar-refractivity contribution in [3.8, 4) is 5.75 Å². The first-order valence-electron chi connectivity index (χ1n) is 7.53. The number of aryl methyl sites for hydroxylation is 1. The minimum Gasteiger partial charge on any atom is -0.520 e. The van der Waals surface area contributed by atoms with Crippen LogP contribution in [0.25, 0.3) is 0 Å². The molecule has 0 aromatic heterocycles. The largest absolute Gasteiger partial charge is 0.520 e. The van der Waals surface area contributed by atoms with E-state index in [-0.39, 0.29) is 0 Å². The van der Waals surface area contributed by atoms with E-state index >= 15 is 0 Å². The van der Waals surface area contributed by atoms with Gasteiger partial charge in [0, 0.05) is 11.6 Å². The third kappa shape index (κ3) is 5.71. The Hall–Kier alpha value is 0.244. The number of benzene rings is 1. The first kappa shape index (κ1) is 18.6. The molecular weight excluding hydrogens is 377 g/mol. The van der Waals surface area contributed by atoms with Crippen LogP contribution in [0.5, 0.6) is 5.75 Å². The predicted octanol–water partition coefficient (Wildman–Crippen LogP) is 4.60. The van der Waals surface area contributed by atoms with Gasteiger partial charge in [-0.2, -0.15) is 0 Å². The Kier molecular flexibility index (Phi) is 6.65. The predicted molar refractivity (Wildman–Crippen MR) is 98.4 cm³/mol. The van der Waals surface area contributed by atoms with Gasteiger partial charge < -0.3 is 14.6 Å². The molecule has 0 radical (unpaired) electrons. The Balaban J connectivity index is 1.96. The molecule has 1 atom stereocenters. The van der Waals surface area contributed by atoms with E-state index < -0.39 is 14.6 Å². The zero-order valence-corrected chi connectivity index (χ0v) is 17.0. The first-order chi connectivity index (χ1) is 10.3. The number of halogens is 3. The van der Waals surface area contributed by atoms with E-state index in [0.717, 1.165) is 36.6 Å². The fourth-order valence-electron chi connectivity index (χ4n) is 2.53. The highest BCUT2D eigenvalue weighted by molar-refractivity contribution is 7.64. The lowest BCUT2D eigenvalue weighted by Crippen LogP contribution is -2.44. The van der Waals surface area contributed by atoms with Crippen molar-refractivity contribution in [3.05, 3.63) is 29.3 Å². The molecule has 2 rings (SSSR count). The molecule has 22 heavy (non-hydrogen) atoms. The summed E-state index contributed by atoms with van der Waals surface area (Å²) in [4.78, 5) is 0. The fourth-order valence-corrected chi connectivity index (χ4v) is 6.59. The van der Waals surface area contributed by atoms with Crippen molar-refractivity contribution in [1.29, 1.82) is 0 Å². The molecule has 0 spiro atoms. The summed E-state index contributed by atoms with van der Waals surface area (Å²) in [6.07, 6.45) is 2.75. The van der Waals surface area contributed by atoms with Crippen LogP contribution in [0.3, 0.4) is 0 Å². The van der Waals surface area contributed by atoms with E-state index in [9.17, 15) is 0 Å². The maximum atomic E-state index is 6.14. The van der Waals surface area contributed by atoms with E-state index in [1.807, 2.05) is 6.07 Å². The van der Waals surface area contributed by atoms with Gasteiger partial charge in [-0.25, -0.2) is 0 Å². The Morgan fingerprint density at radius 1 is 1.27 bits per heavy atom. The molecule has 0 aliphatic carbocycles. The lowest BCUT2D eigenvalue weighted by atomic mass is 10.1. The van der Waals surface area contributed by atoms with Crippen LogP contribution in [0.15, 0.2) is 18.2 Å². The molecule has 1 aliphatic heterocycles. The van der Waals surface area contributed by atoms with Crippen molar-refractivity contribution in [2.75, 3.05) is 6.54 Å². The van der Waals surface area contributed by atoms with Gasteiger partial charge in [0.05, 0.1) is 6.61 Å². The molecule has 8 heteroatoms. The van der Waals surface area contributed by atoms with Crippen LogP contribution in [0, 0.1) is 0 Å². The SMILES string of the molecule is C[Si]1(CCCN)OCc2cc(CCC[Si](Cl)(Cl)Cl)ccc2O1. The number of hydrogen-bond donors (Lipinski definition) is 1. The maximum Gasteiger partial charge on any atom is 0.395 e. The smallest absolute Gasteiger partial charge is 0.395 e. The summed E-state index contributed by atoms with van der Waals surface area (Å²) in [5, 5.41) is 0. The topological polar surface area (TPSA) is 44.5 Å². The zero-order chi connectivity index (χ0) is 16.2. The highest BCUT2D eigenvalue weighted by atomic mass is 35.8. The van der Waals surface area contributed by atoms with Crippen LogP contribution < -0.4 is 10.2 Å². The average Bonchev–Trinajstić information content (AvgIpc) is 2.44. The van der Waals surface area contributed by atoms with Gasteiger partial charge in [-0.05, 0) is 56.1 Å². The lowest BCUT2D eigenvalue weighted by molar-refractivity contribution is 0.204. The minimum atomic E-state index is -2.51. The van der Waals surface area contributed by atoms with Crippen LogP contribution >= 0.6 is 33.2 Å². The number of nitrogens with two attached hydrogens (primary N) is 1. The second-order valence-electron chi connectivity index (χ2n) is 5.83. The summed E-state index contributed by atoms with van der Waals surface area (Å²) in [7, 11) is -2.10. The molecule has 3 nitrogen and oxygen atoms in total. The summed E-state index contributed by atoms with van der Waals surface area (Å²) in [5.41, 5.74) is 7.93. The molecule has 0 saturated carbocycles. The third-order valence-electron chi connectivity index (χ3n) is 3.74. The van der Waals surface area contributed by atoms with Crippen molar-refractivity contribution in [2.24, 2.45) is 5.73 Å². The van der Waals surface area contributed by atoms with E-state index in [4.69, 9.17) is 47.8 Å². The molecule has 0 saturated heterocycles. The third-order valence-corrected chi connectivity index (χ3v) is 9.03. The fraction of sp³-hybridized carbons (Fsp3) is 0.571. The molecule has 0 amide bonds. The molecule has 1 unspecified atom stereocenters. The Bertz CT molecular complexity index is 513. The highest BCUT2D eigenvalue weighted by Gasteiger charge is 2.37. The standard InChI is InChI=1S/C14H22Cl3NO2Si2/c1-21(8-3-7-18)19-11-13-10-12(5-6-14(13)20-21)4-2-9-22(15,16)17/h5-6,10H,2-4,7-9,11,18H2,1H3. The van der Waals surface area contributed by atoms with Crippen LogP contribution in [0.4, 0.5) is 0 Å². The summed E-state index contributed by atoms with van der Waals surface area (Å²) in [6, 6.07) is 5.40. The van der Waals surface area contributed by atoms with Crippen molar-refractivity contribution >= 4 is 47.8 Å². The molecule has 0 fully saturated rings. The molecule has 124 valence electrons. The summed E-state index contributed by atoms with van der Waals surface area (Å²) in [6.45, 7) is 3.40. The van der Waals surface area contributed by atoms with Gasteiger partial charge in [0.1, 0.15) is 5.75 Å². The van der Waals surface area contributed by atoms with Crippen molar-refractivity contribution < 1.29 is 8.85 Å². The van der Waals surface area contributed by atoms with Gasteiger partial charge in [-0.3, -0.25) is 0 Å². The number of fused-ring (bicyclic) bond motifs is 1. The van der Waals surface area contributed by atoms with Gasteiger partial charge in [0.2, 0.25) is 0 Å². The first-order valence-corrected chi connectivity index (χ1v) is 15.3. The maximum absolute atomic E-state index is 6.14. The van der Waals surface area contributed by atoms with Gasteiger partial charge >= 0.3 is 14.6 Å². The Morgan fingerprint density at radius 3 is 2.73 bits per heavy atom. The van der Waals surface area contributed by atoms with Crippen LogP contribution in [0.1, 0.15) is 24.0 Å². The Morgan fingerprint density at radius 2 is 2.05 bits per heavy atom. The molecule has 1 aromatic carbocycles. The van der Waals surface area contributed by atoms with Crippen LogP contribution in [-0.2, 0) is 17.5 Å². The minimum absolute atomic E-state index is 0.621. The number of rotatable bonds is 7. The monoisotopic (exact) mass is 397 g/mol. The molecule has 1 aromatic rings. The van der Waals surface area contributed by atoms with Gasteiger partial charge in [-0.1, -0.05) is 6.07 Å². The zero-order valence-electron chi connectivity index (χ0n) is 12.7. The summed E-state index contributed by atoms with van der Waals surface area (Å²) in [5.74, 6) is 0.956. The molecular formula is C14H22Cl3NO2Si2. The highest BCUT2D eigenvalue weighted by Crippen LogP contribution is 2.33. The van der Waals surface area contributed by atoms with Crippen LogP contribution in [0.2, 0.25) is 18.6 Å². The lowest BCUT2D eigenvalue weighted by Gasteiger charge is -2.33. The van der Waals surface area contributed by atoms with E-state index in [0.29, 0.717) is 19.2 Å². The molecule has 0 bridgehead atoms. The molecule has 2 N–H and O–H groups in total. The second-order valence-corrected chi connectivity index (χ2v) is 18.4. The summed E-state index contributed by atoms with van der Waals surface area (Å²) < 4.78 is 12.2. The molecule has 1 heterocycles. The average molecular weight is 399 g/mol. The van der Waals surface area contributed by atoms with E-state index in [1.165, 1.54) is 5.56 Å². The Labute approximate surface area is 148 Å². The van der Waals surface area contributed by atoms with Gasteiger partial charge in [0.25, 0.3) is 0 Å². The molecule has 1 aliphatic rings. The van der Waals surface area contributed by atoms with Crippen LogP contribution in [-0.4, -0.2) is 21.1 Å². The van der Waals surface area contributed by atoms with E-state index in [2.05, 4.69) is 18.7 Å².